The van der Waals surface area contributed by atoms with Gasteiger partial charge in [-0.25, -0.2) is 0 Å². The molecule has 13 heavy (non-hydrogen) atoms. The molecule has 0 aliphatic heterocycles. The van der Waals surface area contributed by atoms with Crippen LogP contribution in [0.3, 0.4) is 0 Å². The number of carbonyl (C=O) groups is 1. The van der Waals surface area contributed by atoms with Gasteiger partial charge >= 0.3 is 0 Å². The minimum atomic E-state index is 0.434. The molecular formula is C12H16O. The highest BCUT2D eigenvalue weighted by Gasteiger charge is 2.55. The maximum Gasteiger partial charge on any atom is 0.162 e. The zero-order valence-corrected chi connectivity index (χ0v) is 8.12. The minimum absolute atomic E-state index is 0.434. The van der Waals surface area contributed by atoms with Gasteiger partial charge in [0.05, 0.1) is 0 Å². The smallest absolute Gasteiger partial charge is 0.162 e. The number of ketones is 1. The highest BCUT2D eigenvalue weighted by atomic mass is 16.1. The number of hydrogen-bond donors (Lipinski definition) is 0. The quantitative estimate of drug-likeness (QED) is 0.518. The number of hydrogen-bond acceptors (Lipinski definition) is 1. The first-order chi connectivity index (χ1) is 6.33. The molecule has 1 heteroatoms. The van der Waals surface area contributed by atoms with Crippen molar-refractivity contribution in [3.8, 4) is 0 Å². The fraction of sp³-hybridized carbons (Fsp3) is 0.750. The van der Waals surface area contributed by atoms with Gasteiger partial charge in [0.1, 0.15) is 0 Å². The van der Waals surface area contributed by atoms with Crippen LogP contribution >= 0.6 is 0 Å². The van der Waals surface area contributed by atoms with E-state index in [1.807, 2.05) is 6.92 Å². The average Bonchev–Trinajstić information content (AvgIpc) is 2.71. The van der Waals surface area contributed by atoms with Gasteiger partial charge in [-0.15, -0.1) is 0 Å². The van der Waals surface area contributed by atoms with Crippen molar-refractivity contribution in [2.45, 2.75) is 32.6 Å². The maximum atomic E-state index is 11.9. The van der Waals surface area contributed by atoms with E-state index < -0.39 is 0 Å². The summed E-state index contributed by atoms with van der Waals surface area (Å²) < 4.78 is 0. The van der Waals surface area contributed by atoms with Crippen molar-refractivity contribution in [2.75, 3.05) is 0 Å². The summed E-state index contributed by atoms with van der Waals surface area (Å²) in [5.74, 6) is 3.25. The highest BCUT2D eigenvalue weighted by molar-refractivity contribution is 6.01. The Bertz CT molecular complexity index is 289. The van der Waals surface area contributed by atoms with E-state index in [1.165, 1.54) is 31.3 Å². The first-order valence-corrected chi connectivity index (χ1v) is 5.53. The molecule has 4 unspecified atom stereocenters. The van der Waals surface area contributed by atoms with Crippen molar-refractivity contribution in [2.24, 2.45) is 23.7 Å². The van der Waals surface area contributed by atoms with Gasteiger partial charge in [0, 0.05) is 5.92 Å². The standard InChI is InChI=1S/C12H16O/c1-2-7-10-6-11(12(7)13)9-5-3-4-8(9)10/h2,8-11H,3-6H2,1H3/b7-2+. The lowest BCUT2D eigenvalue weighted by atomic mass is 9.78. The number of carbonyl (C=O) groups excluding carboxylic acids is 1. The molecule has 0 N–H and O–H groups in total. The topological polar surface area (TPSA) is 17.1 Å². The third-order valence-corrected chi connectivity index (χ3v) is 4.50. The molecule has 2 bridgehead atoms. The predicted octanol–water partition coefficient (Wildman–Crippen LogP) is 2.57. The predicted molar refractivity (Wildman–Crippen MR) is 51.2 cm³/mol. The van der Waals surface area contributed by atoms with E-state index in [2.05, 4.69) is 6.08 Å². The number of fused-ring (bicyclic) bond motifs is 5. The third kappa shape index (κ3) is 0.806. The van der Waals surface area contributed by atoms with Crippen molar-refractivity contribution in [1.29, 1.82) is 0 Å². The van der Waals surface area contributed by atoms with Gasteiger partial charge in [-0.2, -0.15) is 0 Å². The van der Waals surface area contributed by atoms with Crippen LogP contribution in [0.2, 0.25) is 0 Å². The largest absolute Gasteiger partial charge is 0.294 e. The molecule has 4 atom stereocenters. The van der Waals surface area contributed by atoms with E-state index in [0.717, 1.165) is 11.8 Å². The number of Topliss-reactive ketones (excluding diaryl/α,β-unsaturated/α-hetero) is 1. The van der Waals surface area contributed by atoms with Crippen LogP contribution in [0.5, 0.6) is 0 Å². The van der Waals surface area contributed by atoms with Gasteiger partial charge in [-0.1, -0.05) is 12.5 Å². The molecule has 0 radical (unpaired) electrons. The summed E-state index contributed by atoms with van der Waals surface area (Å²) in [6.45, 7) is 2.03. The summed E-state index contributed by atoms with van der Waals surface area (Å²) in [5.41, 5.74) is 1.17. The van der Waals surface area contributed by atoms with Crippen LogP contribution in [-0.2, 0) is 4.79 Å². The second kappa shape index (κ2) is 2.46. The number of rotatable bonds is 0. The molecule has 3 saturated carbocycles. The van der Waals surface area contributed by atoms with Crippen molar-refractivity contribution < 1.29 is 4.79 Å². The lowest BCUT2D eigenvalue weighted by Gasteiger charge is -2.25. The fourth-order valence-corrected chi connectivity index (χ4v) is 4.05. The Morgan fingerprint density at radius 2 is 1.92 bits per heavy atom. The van der Waals surface area contributed by atoms with E-state index in [9.17, 15) is 4.79 Å². The van der Waals surface area contributed by atoms with Crippen LogP contribution in [0.4, 0.5) is 0 Å². The van der Waals surface area contributed by atoms with Gasteiger partial charge in [0.25, 0.3) is 0 Å². The molecule has 3 rings (SSSR count). The van der Waals surface area contributed by atoms with Gasteiger partial charge in [-0.3, -0.25) is 4.79 Å². The summed E-state index contributed by atoms with van der Waals surface area (Å²) in [7, 11) is 0. The summed E-state index contributed by atoms with van der Waals surface area (Å²) in [5, 5.41) is 0. The maximum absolute atomic E-state index is 11.9. The van der Waals surface area contributed by atoms with Crippen molar-refractivity contribution in [3.05, 3.63) is 11.6 Å². The molecule has 70 valence electrons. The van der Waals surface area contributed by atoms with Crippen LogP contribution in [0, 0.1) is 23.7 Å². The second-order valence-corrected chi connectivity index (χ2v) is 4.82. The molecule has 3 aliphatic carbocycles. The summed E-state index contributed by atoms with van der Waals surface area (Å²) in [6, 6.07) is 0. The highest BCUT2D eigenvalue weighted by Crippen LogP contribution is 2.59. The summed E-state index contributed by atoms with van der Waals surface area (Å²) >= 11 is 0. The van der Waals surface area contributed by atoms with E-state index in [0.29, 0.717) is 17.6 Å². The Morgan fingerprint density at radius 1 is 1.23 bits per heavy atom. The monoisotopic (exact) mass is 176 g/mol. The van der Waals surface area contributed by atoms with Gasteiger partial charge < -0.3 is 0 Å². The Morgan fingerprint density at radius 3 is 2.62 bits per heavy atom. The zero-order chi connectivity index (χ0) is 9.00. The molecule has 0 amide bonds. The second-order valence-electron chi connectivity index (χ2n) is 4.82. The molecule has 0 aromatic carbocycles. The van der Waals surface area contributed by atoms with Gasteiger partial charge in [-0.05, 0) is 49.5 Å². The molecule has 3 fully saturated rings. The lowest BCUT2D eigenvalue weighted by Crippen LogP contribution is -2.26. The van der Waals surface area contributed by atoms with Crippen molar-refractivity contribution in [1.82, 2.24) is 0 Å². The molecule has 0 heterocycles. The van der Waals surface area contributed by atoms with Crippen LogP contribution in [0.25, 0.3) is 0 Å². The Hall–Kier alpha value is -0.590. The first-order valence-electron chi connectivity index (χ1n) is 5.53. The normalized spacial score (nSPS) is 50.5. The molecule has 0 saturated heterocycles. The molecule has 0 aromatic rings. The average molecular weight is 176 g/mol. The Labute approximate surface area is 79.2 Å². The summed E-state index contributed by atoms with van der Waals surface area (Å²) in [6.07, 6.45) is 7.34. The third-order valence-electron chi connectivity index (χ3n) is 4.50. The zero-order valence-electron chi connectivity index (χ0n) is 8.12. The Kier molecular flexibility index (Phi) is 1.47. The van der Waals surface area contributed by atoms with E-state index in [1.54, 1.807) is 0 Å². The van der Waals surface area contributed by atoms with Gasteiger partial charge in [0.2, 0.25) is 0 Å². The van der Waals surface area contributed by atoms with Crippen LogP contribution in [0.15, 0.2) is 11.6 Å². The lowest BCUT2D eigenvalue weighted by molar-refractivity contribution is -0.120. The van der Waals surface area contributed by atoms with E-state index in [-0.39, 0.29) is 0 Å². The molecule has 1 nitrogen and oxygen atoms in total. The molecule has 0 spiro atoms. The van der Waals surface area contributed by atoms with E-state index >= 15 is 0 Å². The molecule has 0 aromatic heterocycles. The SMILES string of the molecule is C/C=C1/C(=O)C2CC1C1CCCC21. The van der Waals surface area contributed by atoms with Crippen LogP contribution in [-0.4, -0.2) is 5.78 Å². The Balaban J connectivity index is 2.01. The first kappa shape index (κ1) is 7.78. The van der Waals surface area contributed by atoms with Crippen molar-refractivity contribution >= 4 is 5.78 Å². The minimum Gasteiger partial charge on any atom is -0.294 e. The summed E-state index contributed by atoms with van der Waals surface area (Å²) in [4.78, 5) is 11.9. The van der Waals surface area contributed by atoms with Crippen molar-refractivity contribution in [3.63, 3.8) is 0 Å². The molecular weight excluding hydrogens is 160 g/mol. The molecule has 3 aliphatic rings. The van der Waals surface area contributed by atoms with Crippen LogP contribution in [0.1, 0.15) is 32.6 Å². The fourth-order valence-electron chi connectivity index (χ4n) is 4.05. The van der Waals surface area contributed by atoms with Gasteiger partial charge in [0.15, 0.2) is 5.78 Å². The van der Waals surface area contributed by atoms with Crippen LogP contribution < -0.4 is 0 Å². The van der Waals surface area contributed by atoms with E-state index in [4.69, 9.17) is 0 Å². The number of allylic oxidation sites excluding steroid dienone is 2.